The molecule has 17 heavy (non-hydrogen) atoms. The van der Waals surface area contributed by atoms with Gasteiger partial charge in [-0.05, 0) is 32.0 Å². The number of hydrogen-bond acceptors (Lipinski definition) is 4. The average molecular weight is 234 g/mol. The first kappa shape index (κ1) is 11.9. The molecule has 0 aliphatic carbocycles. The minimum absolute atomic E-state index is 0.634. The molecule has 0 fully saturated rings. The van der Waals surface area contributed by atoms with E-state index in [0.29, 0.717) is 6.54 Å². The van der Waals surface area contributed by atoms with Gasteiger partial charge in [-0.1, -0.05) is 12.1 Å². The minimum atomic E-state index is 0.634. The second kappa shape index (κ2) is 5.63. The van der Waals surface area contributed by atoms with Crippen molar-refractivity contribution in [3.63, 3.8) is 0 Å². The summed E-state index contributed by atoms with van der Waals surface area (Å²) in [7, 11) is 0. The Morgan fingerprint density at radius 3 is 3.00 bits per heavy atom. The average Bonchev–Trinajstić information content (AvgIpc) is 2.90. The molecule has 0 unspecified atom stereocenters. The lowest BCUT2D eigenvalue weighted by atomic mass is 10.4. The quantitative estimate of drug-likeness (QED) is 0.773. The van der Waals surface area contributed by atoms with Crippen LogP contribution in [0.2, 0.25) is 0 Å². The van der Waals surface area contributed by atoms with E-state index in [0.717, 1.165) is 36.7 Å². The maximum Gasteiger partial charge on any atom is 0.125 e. The molecule has 0 aromatic carbocycles. The van der Waals surface area contributed by atoms with E-state index in [-0.39, 0.29) is 0 Å². The molecule has 2 heterocycles. The van der Waals surface area contributed by atoms with Gasteiger partial charge >= 0.3 is 0 Å². The summed E-state index contributed by atoms with van der Waals surface area (Å²) in [5.41, 5.74) is 0.960. The fourth-order valence-electron chi connectivity index (χ4n) is 1.62. The van der Waals surface area contributed by atoms with Crippen LogP contribution in [0.5, 0.6) is 0 Å². The van der Waals surface area contributed by atoms with Crippen LogP contribution in [0.15, 0.2) is 22.7 Å². The van der Waals surface area contributed by atoms with E-state index in [9.17, 15) is 0 Å². The summed E-state index contributed by atoms with van der Waals surface area (Å²) in [6.07, 6.45) is 3.07. The van der Waals surface area contributed by atoms with E-state index in [4.69, 9.17) is 4.42 Å². The molecule has 0 bridgehead atoms. The van der Waals surface area contributed by atoms with Crippen molar-refractivity contribution in [2.24, 2.45) is 0 Å². The van der Waals surface area contributed by atoms with Gasteiger partial charge in [-0.3, -0.25) is 0 Å². The number of aryl methyl sites for hydroxylation is 1. The molecule has 2 aromatic heterocycles. The molecule has 0 atom stereocenters. The second-order valence-corrected chi connectivity index (χ2v) is 4.10. The van der Waals surface area contributed by atoms with Gasteiger partial charge < -0.3 is 9.73 Å². The van der Waals surface area contributed by atoms with Crippen LogP contribution in [-0.4, -0.2) is 21.5 Å². The first-order valence-electron chi connectivity index (χ1n) is 5.93. The fraction of sp³-hybridized carbons (Fsp3) is 0.500. The van der Waals surface area contributed by atoms with Gasteiger partial charge in [-0.2, -0.15) is 0 Å². The van der Waals surface area contributed by atoms with Gasteiger partial charge in [0.25, 0.3) is 0 Å². The number of aromatic nitrogens is 3. The van der Waals surface area contributed by atoms with Crippen molar-refractivity contribution in [3.05, 3.63) is 35.5 Å². The molecule has 0 saturated carbocycles. The zero-order chi connectivity index (χ0) is 12.1. The van der Waals surface area contributed by atoms with Crippen LogP contribution in [0.1, 0.15) is 30.6 Å². The van der Waals surface area contributed by atoms with Gasteiger partial charge in [0, 0.05) is 6.54 Å². The van der Waals surface area contributed by atoms with Crippen molar-refractivity contribution in [2.45, 2.75) is 33.4 Å². The monoisotopic (exact) mass is 234 g/mol. The molecule has 0 aliphatic rings. The van der Waals surface area contributed by atoms with Crippen molar-refractivity contribution < 1.29 is 4.42 Å². The maximum absolute atomic E-state index is 5.49. The van der Waals surface area contributed by atoms with Crippen molar-refractivity contribution in [3.8, 4) is 0 Å². The van der Waals surface area contributed by atoms with Crippen LogP contribution in [0.3, 0.4) is 0 Å². The van der Waals surface area contributed by atoms with Crippen molar-refractivity contribution in [2.75, 3.05) is 6.54 Å². The molecule has 2 aromatic rings. The van der Waals surface area contributed by atoms with Crippen LogP contribution in [0.4, 0.5) is 0 Å². The Kier molecular flexibility index (Phi) is 3.93. The lowest BCUT2D eigenvalue weighted by Gasteiger charge is -1.97. The predicted octanol–water partition coefficient (Wildman–Crippen LogP) is 1.73. The first-order valence-corrected chi connectivity index (χ1v) is 5.93. The number of nitrogens with zero attached hydrogens (tertiary/aromatic N) is 3. The Balaban J connectivity index is 1.89. The number of nitrogens with one attached hydrogen (secondary N) is 1. The molecule has 0 amide bonds. The lowest BCUT2D eigenvalue weighted by molar-refractivity contribution is 0.455. The van der Waals surface area contributed by atoms with Crippen LogP contribution < -0.4 is 5.32 Å². The van der Waals surface area contributed by atoms with Gasteiger partial charge in [0.15, 0.2) is 0 Å². The summed E-state index contributed by atoms with van der Waals surface area (Å²) >= 11 is 0. The van der Waals surface area contributed by atoms with Crippen molar-refractivity contribution >= 4 is 0 Å². The van der Waals surface area contributed by atoms with E-state index in [1.165, 1.54) is 0 Å². The van der Waals surface area contributed by atoms with Gasteiger partial charge in [-0.15, -0.1) is 5.10 Å². The third-order valence-electron chi connectivity index (χ3n) is 2.43. The molecule has 5 heteroatoms. The Hall–Kier alpha value is -1.62. The van der Waals surface area contributed by atoms with Crippen molar-refractivity contribution in [1.29, 1.82) is 0 Å². The standard InChI is InChI=1S/C12H18N4O/c1-3-6-13-7-11-8-16(15-14-11)9-12-5-4-10(2)17-12/h4-5,8,13H,3,6-7,9H2,1-2H3. The molecule has 0 saturated heterocycles. The largest absolute Gasteiger partial charge is 0.464 e. The van der Waals surface area contributed by atoms with Gasteiger partial charge in [-0.25, -0.2) is 4.68 Å². The lowest BCUT2D eigenvalue weighted by Crippen LogP contribution is -2.13. The number of hydrogen-bond donors (Lipinski definition) is 1. The first-order chi connectivity index (χ1) is 8.28. The maximum atomic E-state index is 5.49. The minimum Gasteiger partial charge on any atom is -0.464 e. The molecule has 92 valence electrons. The van der Waals surface area contributed by atoms with E-state index >= 15 is 0 Å². The zero-order valence-corrected chi connectivity index (χ0v) is 10.3. The van der Waals surface area contributed by atoms with E-state index in [1.807, 2.05) is 25.3 Å². The molecule has 2 rings (SSSR count). The zero-order valence-electron chi connectivity index (χ0n) is 10.3. The van der Waals surface area contributed by atoms with Gasteiger partial charge in [0.2, 0.25) is 0 Å². The van der Waals surface area contributed by atoms with Crippen LogP contribution in [0.25, 0.3) is 0 Å². The van der Waals surface area contributed by atoms with Crippen molar-refractivity contribution in [1.82, 2.24) is 20.3 Å². The van der Waals surface area contributed by atoms with E-state index in [1.54, 1.807) is 4.68 Å². The summed E-state index contributed by atoms with van der Waals surface area (Å²) in [6.45, 7) is 6.48. The summed E-state index contributed by atoms with van der Waals surface area (Å²) in [6, 6.07) is 3.92. The van der Waals surface area contributed by atoms with E-state index < -0.39 is 0 Å². The Morgan fingerprint density at radius 1 is 1.41 bits per heavy atom. The smallest absolute Gasteiger partial charge is 0.125 e. The highest BCUT2D eigenvalue weighted by Gasteiger charge is 2.03. The molecule has 0 spiro atoms. The summed E-state index contributed by atoms with van der Waals surface area (Å²) in [4.78, 5) is 0. The van der Waals surface area contributed by atoms with E-state index in [2.05, 4.69) is 22.6 Å². The Labute approximate surface area is 101 Å². The Morgan fingerprint density at radius 2 is 2.29 bits per heavy atom. The number of rotatable bonds is 6. The third kappa shape index (κ3) is 3.42. The normalized spacial score (nSPS) is 10.9. The molecule has 1 N–H and O–H groups in total. The topological polar surface area (TPSA) is 55.9 Å². The molecule has 5 nitrogen and oxygen atoms in total. The van der Waals surface area contributed by atoms with Gasteiger partial charge in [0.1, 0.15) is 18.1 Å². The van der Waals surface area contributed by atoms with Crippen LogP contribution in [0, 0.1) is 6.92 Å². The molecule has 0 radical (unpaired) electrons. The molecule has 0 aliphatic heterocycles. The predicted molar refractivity (Wildman–Crippen MR) is 64.6 cm³/mol. The summed E-state index contributed by atoms with van der Waals surface area (Å²) in [5, 5.41) is 11.5. The number of furan rings is 1. The highest BCUT2D eigenvalue weighted by atomic mass is 16.3. The Bertz CT molecular complexity index is 461. The molecular formula is C12H18N4O. The third-order valence-corrected chi connectivity index (χ3v) is 2.43. The summed E-state index contributed by atoms with van der Waals surface area (Å²) < 4.78 is 7.28. The fourth-order valence-corrected chi connectivity index (χ4v) is 1.62. The van der Waals surface area contributed by atoms with Crippen LogP contribution in [-0.2, 0) is 13.1 Å². The highest BCUT2D eigenvalue weighted by Crippen LogP contribution is 2.07. The van der Waals surface area contributed by atoms with Crippen LogP contribution >= 0.6 is 0 Å². The second-order valence-electron chi connectivity index (χ2n) is 4.10. The SMILES string of the molecule is CCCNCc1cn(Cc2ccc(C)o2)nn1. The molecular weight excluding hydrogens is 216 g/mol. The summed E-state index contributed by atoms with van der Waals surface area (Å²) in [5.74, 6) is 1.82. The highest BCUT2D eigenvalue weighted by molar-refractivity contribution is 5.06. The van der Waals surface area contributed by atoms with Gasteiger partial charge in [0.05, 0.1) is 11.9 Å².